The second kappa shape index (κ2) is 4.37. The molecule has 1 aliphatic carbocycles. The van der Waals surface area contributed by atoms with Gasteiger partial charge in [0.1, 0.15) is 11.6 Å². The van der Waals surface area contributed by atoms with Gasteiger partial charge in [-0.05, 0) is 24.5 Å². The predicted octanol–water partition coefficient (Wildman–Crippen LogP) is 2.76. The third-order valence-corrected chi connectivity index (χ3v) is 3.47. The maximum atomic E-state index is 13.8. The van der Waals surface area contributed by atoms with Gasteiger partial charge in [-0.1, -0.05) is 18.2 Å². The summed E-state index contributed by atoms with van der Waals surface area (Å²) in [6.07, 6.45) is 6.99. The van der Waals surface area contributed by atoms with Crippen LogP contribution in [0.25, 0.3) is 0 Å². The molecule has 0 spiro atoms. The normalized spacial score (nSPS) is 16.3. The monoisotopic (exact) mass is 243 g/mol. The highest BCUT2D eigenvalue weighted by Gasteiger charge is 2.45. The van der Waals surface area contributed by atoms with E-state index in [1.807, 2.05) is 12.1 Å². The van der Waals surface area contributed by atoms with Crippen LogP contribution >= 0.6 is 0 Å². The summed E-state index contributed by atoms with van der Waals surface area (Å²) < 4.78 is 13.8. The van der Waals surface area contributed by atoms with Crippen molar-refractivity contribution in [2.24, 2.45) is 0 Å². The van der Waals surface area contributed by atoms with Gasteiger partial charge >= 0.3 is 0 Å². The van der Waals surface area contributed by atoms with Crippen molar-refractivity contribution in [3.63, 3.8) is 0 Å². The lowest BCUT2D eigenvalue weighted by Gasteiger charge is -2.17. The summed E-state index contributed by atoms with van der Waals surface area (Å²) >= 11 is 0. The van der Waals surface area contributed by atoms with Crippen molar-refractivity contribution in [1.29, 1.82) is 0 Å². The molecular weight excluding hydrogens is 229 g/mol. The first-order chi connectivity index (χ1) is 8.80. The van der Waals surface area contributed by atoms with E-state index in [2.05, 4.69) is 15.3 Å². The van der Waals surface area contributed by atoms with E-state index in [0.29, 0.717) is 6.54 Å². The van der Waals surface area contributed by atoms with Crippen molar-refractivity contribution in [3.05, 3.63) is 54.2 Å². The summed E-state index contributed by atoms with van der Waals surface area (Å²) in [5, 5.41) is 3.23. The van der Waals surface area contributed by atoms with Gasteiger partial charge in [-0.3, -0.25) is 4.98 Å². The second-order valence-electron chi connectivity index (χ2n) is 4.70. The fourth-order valence-electron chi connectivity index (χ4n) is 2.23. The summed E-state index contributed by atoms with van der Waals surface area (Å²) in [6, 6.07) is 7.02. The molecule has 1 saturated carbocycles. The molecule has 0 bridgehead atoms. The molecule has 1 heterocycles. The van der Waals surface area contributed by atoms with E-state index >= 15 is 0 Å². The van der Waals surface area contributed by atoms with Crippen molar-refractivity contribution < 1.29 is 4.39 Å². The van der Waals surface area contributed by atoms with Crippen molar-refractivity contribution in [2.45, 2.75) is 18.3 Å². The molecule has 2 aromatic rings. The van der Waals surface area contributed by atoms with E-state index < -0.39 is 0 Å². The van der Waals surface area contributed by atoms with E-state index in [-0.39, 0.29) is 11.2 Å². The molecular formula is C14H14FN3. The predicted molar refractivity (Wildman–Crippen MR) is 67.8 cm³/mol. The van der Waals surface area contributed by atoms with Gasteiger partial charge in [-0.25, -0.2) is 9.37 Å². The smallest absolute Gasteiger partial charge is 0.144 e. The molecule has 1 aromatic carbocycles. The minimum Gasteiger partial charge on any atom is -0.368 e. The van der Waals surface area contributed by atoms with Gasteiger partial charge in [0.15, 0.2) is 0 Å². The Morgan fingerprint density at radius 3 is 2.72 bits per heavy atom. The van der Waals surface area contributed by atoms with Crippen molar-refractivity contribution >= 4 is 5.82 Å². The number of hydrogen-bond acceptors (Lipinski definition) is 3. The molecule has 4 heteroatoms. The van der Waals surface area contributed by atoms with Crippen LogP contribution in [0.2, 0.25) is 0 Å². The lowest BCUT2D eigenvalue weighted by atomic mass is 9.95. The Morgan fingerprint density at radius 1 is 1.22 bits per heavy atom. The number of halogens is 1. The molecule has 1 aromatic heterocycles. The second-order valence-corrected chi connectivity index (χ2v) is 4.70. The van der Waals surface area contributed by atoms with Gasteiger partial charge in [0.25, 0.3) is 0 Å². The molecule has 0 amide bonds. The third kappa shape index (κ3) is 2.06. The highest BCUT2D eigenvalue weighted by Crippen LogP contribution is 2.48. The Balaban J connectivity index is 1.75. The Morgan fingerprint density at radius 2 is 2.06 bits per heavy atom. The maximum Gasteiger partial charge on any atom is 0.144 e. The highest BCUT2D eigenvalue weighted by molar-refractivity contribution is 5.38. The van der Waals surface area contributed by atoms with Gasteiger partial charge in [-0.15, -0.1) is 0 Å². The van der Waals surface area contributed by atoms with E-state index in [4.69, 9.17) is 0 Å². The van der Waals surface area contributed by atoms with Crippen LogP contribution in [0.15, 0.2) is 42.9 Å². The molecule has 18 heavy (non-hydrogen) atoms. The zero-order valence-electron chi connectivity index (χ0n) is 9.94. The van der Waals surface area contributed by atoms with Crippen LogP contribution in [-0.4, -0.2) is 16.5 Å². The van der Waals surface area contributed by atoms with Crippen molar-refractivity contribution in [3.8, 4) is 0 Å². The number of nitrogens with zero attached hydrogens (tertiary/aromatic N) is 2. The number of hydrogen-bond donors (Lipinski definition) is 1. The van der Waals surface area contributed by atoms with Gasteiger partial charge in [0.2, 0.25) is 0 Å². The topological polar surface area (TPSA) is 37.8 Å². The van der Waals surface area contributed by atoms with Crippen LogP contribution in [0.1, 0.15) is 18.4 Å². The lowest BCUT2D eigenvalue weighted by Crippen LogP contribution is -2.21. The molecule has 1 aliphatic rings. The lowest BCUT2D eigenvalue weighted by molar-refractivity contribution is 0.578. The van der Waals surface area contributed by atoms with E-state index in [1.165, 1.54) is 6.07 Å². The molecule has 3 rings (SSSR count). The number of nitrogens with one attached hydrogen (secondary N) is 1. The fourth-order valence-corrected chi connectivity index (χ4v) is 2.23. The summed E-state index contributed by atoms with van der Waals surface area (Å²) in [5.74, 6) is 0.621. The molecule has 0 aliphatic heterocycles. The summed E-state index contributed by atoms with van der Waals surface area (Å²) in [5.41, 5.74) is 0.740. The third-order valence-electron chi connectivity index (χ3n) is 3.47. The minimum atomic E-state index is -0.115. The minimum absolute atomic E-state index is 0.0666. The van der Waals surface area contributed by atoms with Crippen molar-refractivity contribution in [1.82, 2.24) is 9.97 Å². The van der Waals surface area contributed by atoms with E-state index in [9.17, 15) is 4.39 Å². The van der Waals surface area contributed by atoms with Gasteiger partial charge < -0.3 is 5.32 Å². The molecule has 0 unspecified atom stereocenters. The largest absolute Gasteiger partial charge is 0.368 e. The first kappa shape index (κ1) is 11.1. The number of aromatic nitrogens is 2. The summed E-state index contributed by atoms with van der Waals surface area (Å²) in [7, 11) is 0. The average Bonchev–Trinajstić information content (AvgIpc) is 3.19. The maximum absolute atomic E-state index is 13.8. The van der Waals surface area contributed by atoms with Crippen LogP contribution in [0.5, 0.6) is 0 Å². The number of rotatable bonds is 4. The Hall–Kier alpha value is -1.97. The van der Waals surface area contributed by atoms with Crippen LogP contribution in [0.3, 0.4) is 0 Å². The van der Waals surface area contributed by atoms with Gasteiger partial charge in [0.05, 0.1) is 6.20 Å². The van der Waals surface area contributed by atoms with E-state index in [0.717, 1.165) is 24.2 Å². The molecule has 92 valence electrons. The first-order valence-electron chi connectivity index (χ1n) is 6.05. The van der Waals surface area contributed by atoms with Crippen LogP contribution < -0.4 is 5.32 Å². The summed E-state index contributed by atoms with van der Waals surface area (Å²) in [6.45, 7) is 0.701. The number of anilines is 1. The van der Waals surface area contributed by atoms with Crippen LogP contribution in [0.4, 0.5) is 10.2 Å². The van der Waals surface area contributed by atoms with Crippen LogP contribution in [0, 0.1) is 5.82 Å². The Labute approximate surface area is 105 Å². The Kier molecular flexibility index (Phi) is 2.70. The van der Waals surface area contributed by atoms with Crippen molar-refractivity contribution in [2.75, 3.05) is 11.9 Å². The first-order valence-corrected chi connectivity index (χ1v) is 6.05. The molecule has 0 radical (unpaired) electrons. The quantitative estimate of drug-likeness (QED) is 0.897. The zero-order valence-corrected chi connectivity index (χ0v) is 9.94. The number of benzene rings is 1. The highest BCUT2D eigenvalue weighted by atomic mass is 19.1. The Bertz CT molecular complexity index is 538. The van der Waals surface area contributed by atoms with Gasteiger partial charge in [0, 0.05) is 24.4 Å². The SMILES string of the molecule is Fc1ccccc1C1(CNc2cnccn2)CC1. The molecule has 1 N–H and O–H groups in total. The zero-order chi connectivity index (χ0) is 12.4. The average molecular weight is 243 g/mol. The van der Waals surface area contributed by atoms with Gasteiger partial charge in [-0.2, -0.15) is 0 Å². The molecule has 3 nitrogen and oxygen atoms in total. The molecule has 0 saturated heterocycles. The molecule has 0 atom stereocenters. The fraction of sp³-hybridized carbons (Fsp3) is 0.286. The standard InChI is InChI=1S/C14H14FN3/c15-12-4-2-1-3-11(12)14(5-6-14)10-18-13-9-16-7-8-17-13/h1-4,7-9H,5-6,10H2,(H,17,18). The molecule has 1 fully saturated rings. The van der Waals surface area contributed by atoms with Crippen LogP contribution in [-0.2, 0) is 5.41 Å². The summed E-state index contributed by atoms with van der Waals surface area (Å²) in [4.78, 5) is 8.16. The van der Waals surface area contributed by atoms with E-state index in [1.54, 1.807) is 24.7 Å².